The standard InChI is InChI=1S/C15H14N4O/c16-18-15-9-11(5-7-17-15)10-19-8-6-14(20)12-3-1-2-4-13(12)19/h1-9H,10,16H2,(H,17,18). The molecule has 0 saturated heterocycles. The molecule has 0 aliphatic heterocycles. The molecule has 0 radical (unpaired) electrons. The van der Waals surface area contributed by atoms with E-state index in [1.807, 2.05) is 41.0 Å². The van der Waals surface area contributed by atoms with Crippen LogP contribution in [0.1, 0.15) is 5.56 Å². The third-order valence-corrected chi connectivity index (χ3v) is 3.21. The lowest BCUT2D eigenvalue weighted by Gasteiger charge is -2.11. The lowest BCUT2D eigenvalue weighted by Crippen LogP contribution is -2.11. The number of hydrogen-bond donors (Lipinski definition) is 2. The number of hydrogen-bond acceptors (Lipinski definition) is 4. The molecule has 0 amide bonds. The van der Waals surface area contributed by atoms with Crippen molar-refractivity contribution in [1.29, 1.82) is 0 Å². The van der Waals surface area contributed by atoms with E-state index in [-0.39, 0.29) is 5.43 Å². The van der Waals surface area contributed by atoms with Crippen molar-refractivity contribution >= 4 is 16.7 Å². The Labute approximate surface area is 115 Å². The molecule has 5 heteroatoms. The van der Waals surface area contributed by atoms with Gasteiger partial charge in [0.05, 0.1) is 5.52 Å². The van der Waals surface area contributed by atoms with E-state index in [4.69, 9.17) is 5.84 Å². The number of pyridine rings is 2. The van der Waals surface area contributed by atoms with Gasteiger partial charge in [0.2, 0.25) is 0 Å². The Morgan fingerprint density at radius 3 is 2.90 bits per heavy atom. The summed E-state index contributed by atoms with van der Waals surface area (Å²) < 4.78 is 2.03. The van der Waals surface area contributed by atoms with Crippen LogP contribution < -0.4 is 16.7 Å². The highest BCUT2D eigenvalue weighted by Crippen LogP contribution is 2.13. The predicted molar refractivity (Wildman–Crippen MR) is 79.4 cm³/mol. The van der Waals surface area contributed by atoms with Gasteiger partial charge >= 0.3 is 0 Å². The van der Waals surface area contributed by atoms with E-state index < -0.39 is 0 Å². The molecule has 100 valence electrons. The minimum absolute atomic E-state index is 0.0379. The van der Waals surface area contributed by atoms with Crippen LogP contribution in [0.5, 0.6) is 0 Å². The van der Waals surface area contributed by atoms with Gasteiger partial charge in [-0.2, -0.15) is 0 Å². The molecule has 0 aliphatic carbocycles. The maximum absolute atomic E-state index is 11.8. The fourth-order valence-corrected chi connectivity index (χ4v) is 2.25. The summed E-state index contributed by atoms with van der Waals surface area (Å²) in [5.41, 5.74) is 4.54. The molecule has 0 unspecified atom stereocenters. The van der Waals surface area contributed by atoms with Crippen LogP contribution in [0.25, 0.3) is 10.9 Å². The largest absolute Gasteiger partial charge is 0.343 e. The second-order valence-electron chi connectivity index (χ2n) is 4.52. The molecule has 0 atom stereocenters. The molecular formula is C15H14N4O. The summed E-state index contributed by atoms with van der Waals surface area (Å²) in [6.07, 6.45) is 3.51. The van der Waals surface area contributed by atoms with Crippen LogP contribution in [-0.4, -0.2) is 9.55 Å². The molecule has 0 spiro atoms. The average molecular weight is 266 g/mol. The number of hydrazine groups is 1. The van der Waals surface area contributed by atoms with Gasteiger partial charge < -0.3 is 9.99 Å². The summed E-state index contributed by atoms with van der Waals surface area (Å²) in [6, 6.07) is 13.0. The Morgan fingerprint density at radius 2 is 2.05 bits per heavy atom. The summed E-state index contributed by atoms with van der Waals surface area (Å²) in [5.74, 6) is 5.98. The Morgan fingerprint density at radius 1 is 1.20 bits per heavy atom. The first-order chi connectivity index (χ1) is 9.78. The number of fused-ring (bicyclic) bond motifs is 1. The van der Waals surface area contributed by atoms with Crippen LogP contribution >= 0.6 is 0 Å². The summed E-state index contributed by atoms with van der Waals surface area (Å²) in [6.45, 7) is 0.651. The number of aromatic nitrogens is 2. The smallest absolute Gasteiger partial charge is 0.189 e. The molecule has 0 fully saturated rings. The van der Waals surface area contributed by atoms with Gasteiger partial charge in [-0.05, 0) is 29.8 Å². The second kappa shape index (κ2) is 5.14. The third-order valence-electron chi connectivity index (χ3n) is 3.21. The van der Waals surface area contributed by atoms with Crippen molar-refractivity contribution in [2.45, 2.75) is 6.54 Å². The molecule has 20 heavy (non-hydrogen) atoms. The zero-order valence-corrected chi connectivity index (χ0v) is 10.8. The molecule has 0 saturated carbocycles. The number of nitrogens with one attached hydrogen (secondary N) is 1. The highest BCUT2D eigenvalue weighted by molar-refractivity contribution is 5.78. The van der Waals surface area contributed by atoms with Crippen molar-refractivity contribution in [3.63, 3.8) is 0 Å². The van der Waals surface area contributed by atoms with E-state index in [0.29, 0.717) is 12.4 Å². The SMILES string of the molecule is NNc1cc(Cn2ccc(=O)c3ccccc32)ccn1. The Balaban J connectivity index is 2.07. The number of nitrogens with zero attached hydrogens (tertiary/aromatic N) is 2. The highest BCUT2D eigenvalue weighted by Gasteiger charge is 2.03. The number of anilines is 1. The number of rotatable bonds is 3. The van der Waals surface area contributed by atoms with Crippen LogP contribution in [0.3, 0.4) is 0 Å². The normalized spacial score (nSPS) is 10.7. The van der Waals surface area contributed by atoms with Gasteiger partial charge in [-0.25, -0.2) is 10.8 Å². The van der Waals surface area contributed by atoms with Crippen LogP contribution in [0.2, 0.25) is 0 Å². The minimum Gasteiger partial charge on any atom is -0.343 e. The van der Waals surface area contributed by atoms with Crippen LogP contribution in [0.4, 0.5) is 5.82 Å². The topological polar surface area (TPSA) is 72.9 Å². The first-order valence-electron chi connectivity index (χ1n) is 6.27. The first-order valence-corrected chi connectivity index (χ1v) is 6.27. The van der Waals surface area contributed by atoms with Gasteiger partial charge in [0.25, 0.3) is 0 Å². The average Bonchev–Trinajstić information content (AvgIpc) is 2.51. The van der Waals surface area contributed by atoms with Crippen molar-refractivity contribution in [2.75, 3.05) is 5.43 Å². The lowest BCUT2D eigenvalue weighted by molar-refractivity contribution is 0.824. The molecule has 3 aromatic rings. The van der Waals surface area contributed by atoms with E-state index >= 15 is 0 Å². The van der Waals surface area contributed by atoms with Gasteiger partial charge in [-0.15, -0.1) is 0 Å². The molecule has 0 bridgehead atoms. The Kier molecular flexibility index (Phi) is 3.18. The molecule has 2 heterocycles. The summed E-state index contributed by atoms with van der Waals surface area (Å²) in [5, 5.41) is 0.723. The molecule has 0 aliphatic rings. The third kappa shape index (κ3) is 2.26. The molecule has 1 aromatic carbocycles. The Bertz CT molecular complexity index is 810. The van der Waals surface area contributed by atoms with Crippen LogP contribution in [0, 0.1) is 0 Å². The van der Waals surface area contributed by atoms with Crippen molar-refractivity contribution in [3.8, 4) is 0 Å². The summed E-state index contributed by atoms with van der Waals surface area (Å²) in [7, 11) is 0. The first kappa shape index (κ1) is 12.4. The fourth-order valence-electron chi connectivity index (χ4n) is 2.25. The van der Waals surface area contributed by atoms with E-state index in [0.717, 1.165) is 16.5 Å². The van der Waals surface area contributed by atoms with Crippen molar-refractivity contribution in [1.82, 2.24) is 9.55 Å². The predicted octanol–water partition coefficient (Wildman–Crippen LogP) is 1.73. The van der Waals surface area contributed by atoms with Crippen molar-refractivity contribution < 1.29 is 0 Å². The van der Waals surface area contributed by atoms with E-state index in [1.165, 1.54) is 0 Å². The number of nitrogens with two attached hydrogens (primary N) is 1. The second-order valence-corrected chi connectivity index (χ2v) is 4.52. The number of para-hydroxylation sites is 1. The van der Waals surface area contributed by atoms with E-state index in [1.54, 1.807) is 18.5 Å². The minimum atomic E-state index is 0.0379. The van der Waals surface area contributed by atoms with Gasteiger partial charge in [0.15, 0.2) is 5.43 Å². The molecule has 3 N–H and O–H groups in total. The molecule has 3 rings (SSSR count). The monoisotopic (exact) mass is 266 g/mol. The van der Waals surface area contributed by atoms with Gasteiger partial charge in [0.1, 0.15) is 5.82 Å². The van der Waals surface area contributed by atoms with Gasteiger partial charge in [-0.3, -0.25) is 4.79 Å². The van der Waals surface area contributed by atoms with Gasteiger partial charge in [0, 0.05) is 30.4 Å². The van der Waals surface area contributed by atoms with Crippen LogP contribution in [-0.2, 0) is 6.54 Å². The number of benzene rings is 1. The fraction of sp³-hybridized carbons (Fsp3) is 0.0667. The molecule has 2 aromatic heterocycles. The lowest BCUT2D eigenvalue weighted by atomic mass is 10.2. The highest BCUT2D eigenvalue weighted by atomic mass is 16.1. The molecular weight excluding hydrogens is 252 g/mol. The quantitative estimate of drug-likeness (QED) is 0.559. The van der Waals surface area contributed by atoms with Crippen molar-refractivity contribution in [2.24, 2.45) is 5.84 Å². The number of nitrogen functional groups attached to an aromatic ring is 1. The summed E-state index contributed by atoms with van der Waals surface area (Å²) >= 11 is 0. The van der Waals surface area contributed by atoms with Crippen molar-refractivity contribution in [3.05, 3.63) is 70.6 Å². The Hall–Kier alpha value is -2.66. The summed E-state index contributed by atoms with van der Waals surface area (Å²) in [4.78, 5) is 15.9. The van der Waals surface area contributed by atoms with E-state index in [2.05, 4.69) is 10.4 Å². The maximum atomic E-state index is 11.8. The zero-order chi connectivity index (χ0) is 13.9. The van der Waals surface area contributed by atoms with Gasteiger partial charge in [-0.1, -0.05) is 12.1 Å². The molecule has 5 nitrogen and oxygen atoms in total. The maximum Gasteiger partial charge on any atom is 0.189 e. The van der Waals surface area contributed by atoms with Crippen LogP contribution in [0.15, 0.2) is 59.7 Å². The zero-order valence-electron chi connectivity index (χ0n) is 10.8. The van der Waals surface area contributed by atoms with E-state index in [9.17, 15) is 4.79 Å².